The van der Waals surface area contributed by atoms with Gasteiger partial charge in [0.1, 0.15) is 0 Å². The Labute approximate surface area is 87.8 Å². The molecule has 2 N–H and O–H groups in total. The van der Waals surface area contributed by atoms with Crippen LogP contribution in [0.2, 0.25) is 0 Å². The molecule has 1 heterocycles. The van der Waals surface area contributed by atoms with E-state index in [4.69, 9.17) is 5.73 Å². The van der Waals surface area contributed by atoms with Crippen LogP contribution < -0.4 is 5.73 Å². The quantitative estimate of drug-likeness (QED) is 0.814. The molecule has 1 fully saturated rings. The first-order chi connectivity index (χ1) is 7.43. The molecular weight excluding hydrogens is 230 g/mol. The van der Waals surface area contributed by atoms with E-state index in [1.165, 1.54) is 0 Å². The van der Waals surface area contributed by atoms with Gasteiger partial charge in [-0.1, -0.05) is 5.16 Å². The number of rotatable bonds is 4. The van der Waals surface area contributed by atoms with E-state index >= 15 is 0 Å². The third-order valence-corrected chi connectivity index (χ3v) is 2.43. The van der Waals surface area contributed by atoms with Gasteiger partial charge in [-0.05, 0) is 18.8 Å². The highest BCUT2D eigenvalue weighted by atomic mass is 19.3. The van der Waals surface area contributed by atoms with Gasteiger partial charge in [-0.25, -0.2) is 8.78 Å². The first-order valence-corrected chi connectivity index (χ1v) is 4.68. The first-order valence-electron chi connectivity index (χ1n) is 4.68. The minimum atomic E-state index is -4.42. The third-order valence-electron chi connectivity index (χ3n) is 2.43. The van der Waals surface area contributed by atoms with Crippen molar-refractivity contribution < 1.29 is 22.1 Å². The zero-order chi connectivity index (χ0) is 11.9. The molecule has 90 valence electrons. The Morgan fingerprint density at radius 2 is 2.00 bits per heavy atom. The summed E-state index contributed by atoms with van der Waals surface area (Å²) in [5, 5.41) is 3.20. The Bertz CT molecular complexity index is 377. The van der Waals surface area contributed by atoms with Gasteiger partial charge in [0.2, 0.25) is 0 Å². The van der Waals surface area contributed by atoms with Crippen LogP contribution in [0.25, 0.3) is 0 Å². The maximum atomic E-state index is 12.8. The van der Waals surface area contributed by atoms with Gasteiger partial charge in [-0.3, -0.25) is 0 Å². The molecule has 8 heteroatoms. The Kier molecular flexibility index (Phi) is 2.61. The highest BCUT2D eigenvalue weighted by Gasteiger charge is 2.49. The van der Waals surface area contributed by atoms with Crippen LogP contribution in [-0.2, 0) is 5.92 Å². The maximum Gasteiger partial charge on any atom is 0.383 e. The lowest BCUT2D eigenvalue weighted by Gasteiger charge is -2.08. The van der Waals surface area contributed by atoms with E-state index < -0.39 is 24.3 Å². The molecule has 1 aliphatic carbocycles. The van der Waals surface area contributed by atoms with Crippen molar-refractivity contribution in [1.82, 2.24) is 10.1 Å². The summed E-state index contributed by atoms with van der Waals surface area (Å²) < 4.78 is 53.6. The maximum absolute atomic E-state index is 12.8. The van der Waals surface area contributed by atoms with E-state index in [1.807, 2.05) is 0 Å². The summed E-state index contributed by atoms with van der Waals surface area (Å²) >= 11 is 0. The lowest BCUT2D eigenvalue weighted by atomic mass is 10.2. The second-order valence-electron chi connectivity index (χ2n) is 3.74. The van der Waals surface area contributed by atoms with Crippen molar-refractivity contribution in [2.75, 3.05) is 0 Å². The Morgan fingerprint density at radius 1 is 1.38 bits per heavy atom. The Balaban J connectivity index is 2.18. The number of alkyl halides is 4. The monoisotopic (exact) mass is 239 g/mol. The van der Waals surface area contributed by atoms with E-state index in [0.717, 1.165) is 12.8 Å². The molecule has 1 aromatic rings. The van der Waals surface area contributed by atoms with Gasteiger partial charge in [0.05, 0.1) is 6.04 Å². The van der Waals surface area contributed by atoms with Gasteiger partial charge < -0.3 is 10.3 Å². The molecule has 0 aromatic carbocycles. The second-order valence-corrected chi connectivity index (χ2v) is 3.74. The van der Waals surface area contributed by atoms with Crippen LogP contribution in [0, 0.1) is 5.92 Å². The van der Waals surface area contributed by atoms with Crippen LogP contribution in [0.1, 0.15) is 30.6 Å². The highest BCUT2D eigenvalue weighted by molar-refractivity contribution is 5.02. The van der Waals surface area contributed by atoms with Crippen molar-refractivity contribution in [3.05, 3.63) is 11.7 Å². The van der Waals surface area contributed by atoms with E-state index in [2.05, 4.69) is 14.7 Å². The van der Waals surface area contributed by atoms with E-state index in [0.29, 0.717) is 0 Å². The number of nitrogens with zero attached hydrogens (tertiary/aromatic N) is 2. The van der Waals surface area contributed by atoms with Crippen molar-refractivity contribution >= 4 is 0 Å². The van der Waals surface area contributed by atoms with Crippen LogP contribution in [0.3, 0.4) is 0 Å². The molecule has 1 aromatic heterocycles. The van der Waals surface area contributed by atoms with Crippen LogP contribution in [-0.4, -0.2) is 16.6 Å². The van der Waals surface area contributed by atoms with Gasteiger partial charge in [0.15, 0.2) is 5.82 Å². The molecule has 0 spiro atoms. The van der Waals surface area contributed by atoms with E-state index in [-0.39, 0.29) is 11.7 Å². The fourth-order valence-corrected chi connectivity index (χ4v) is 1.27. The molecule has 1 unspecified atom stereocenters. The third kappa shape index (κ3) is 1.89. The summed E-state index contributed by atoms with van der Waals surface area (Å²) in [6.45, 7) is 0. The molecular formula is C8H9F4N3O. The summed E-state index contributed by atoms with van der Waals surface area (Å²) in [7, 11) is 0. The Morgan fingerprint density at radius 3 is 2.50 bits per heavy atom. The van der Waals surface area contributed by atoms with Gasteiger partial charge in [-0.15, -0.1) is 0 Å². The zero-order valence-corrected chi connectivity index (χ0v) is 8.04. The molecule has 16 heavy (non-hydrogen) atoms. The molecule has 1 atom stereocenters. The van der Waals surface area contributed by atoms with E-state index in [9.17, 15) is 17.6 Å². The molecule has 0 aliphatic heterocycles. The minimum Gasteiger partial charge on any atom is -0.332 e. The summed E-state index contributed by atoms with van der Waals surface area (Å²) in [5.41, 5.74) is 5.62. The van der Waals surface area contributed by atoms with Gasteiger partial charge in [0.25, 0.3) is 0 Å². The summed E-state index contributed by atoms with van der Waals surface area (Å²) in [4.78, 5) is 3.23. The lowest BCUT2D eigenvalue weighted by molar-refractivity contribution is -0.152. The molecule has 1 aliphatic rings. The fraction of sp³-hybridized carbons (Fsp3) is 0.750. The smallest absolute Gasteiger partial charge is 0.332 e. The fourth-order valence-electron chi connectivity index (χ4n) is 1.27. The topological polar surface area (TPSA) is 64.9 Å². The van der Waals surface area contributed by atoms with E-state index in [1.54, 1.807) is 0 Å². The van der Waals surface area contributed by atoms with Crippen molar-refractivity contribution in [1.29, 1.82) is 0 Å². The predicted molar refractivity (Wildman–Crippen MR) is 43.8 cm³/mol. The molecule has 1 saturated carbocycles. The summed E-state index contributed by atoms with van der Waals surface area (Å²) in [6, 6.07) is -0.619. The number of halogens is 4. The predicted octanol–water partition coefficient (Wildman–Crippen LogP) is 1.84. The summed E-state index contributed by atoms with van der Waals surface area (Å²) in [6.07, 6.45) is -2.16. The average Bonchev–Trinajstić information content (AvgIpc) is 2.93. The average molecular weight is 239 g/mol. The van der Waals surface area contributed by atoms with Gasteiger partial charge in [0, 0.05) is 0 Å². The second kappa shape index (κ2) is 3.69. The van der Waals surface area contributed by atoms with Crippen LogP contribution in [0.4, 0.5) is 17.6 Å². The van der Waals surface area contributed by atoms with Crippen molar-refractivity contribution in [3.8, 4) is 0 Å². The normalized spacial score (nSPS) is 19.1. The molecule has 4 nitrogen and oxygen atoms in total. The van der Waals surface area contributed by atoms with Crippen LogP contribution >= 0.6 is 0 Å². The summed E-state index contributed by atoms with van der Waals surface area (Å²) in [5.74, 6) is -5.81. The van der Waals surface area contributed by atoms with Crippen molar-refractivity contribution in [2.24, 2.45) is 11.7 Å². The lowest BCUT2D eigenvalue weighted by Crippen LogP contribution is -2.24. The van der Waals surface area contributed by atoms with Crippen LogP contribution in [0.15, 0.2) is 4.52 Å². The van der Waals surface area contributed by atoms with Crippen molar-refractivity contribution in [2.45, 2.75) is 31.2 Å². The number of hydrogen-bond donors (Lipinski definition) is 1. The first kappa shape index (κ1) is 11.3. The standard InChI is InChI=1S/C8H9F4N3O/c9-6(10)8(11,12)7-14-5(15-16-7)4(13)3-1-2-3/h3-4,6H,1-2,13H2. The van der Waals surface area contributed by atoms with Crippen LogP contribution in [0.5, 0.6) is 0 Å². The van der Waals surface area contributed by atoms with Gasteiger partial charge in [-0.2, -0.15) is 13.8 Å². The van der Waals surface area contributed by atoms with Gasteiger partial charge >= 0.3 is 18.2 Å². The number of hydrogen-bond acceptors (Lipinski definition) is 4. The number of nitrogens with two attached hydrogens (primary N) is 1. The largest absolute Gasteiger partial charge is 0.383 e. The highest BCUT2D eigenvalue weighted by Crippen LogP contribution is 2.39. The Hall–Kier alpha value is -1.18. The molecule has 0 saturated heterocycles. The molecule has 2 rings (SSSR count). The minimum absolute atomic E-state index is 0.130. The number of aromatic nitrogens is 2. The molecule has 0 bridgehead atoms. The molecule has 0 radical (unpaired) electrons. The molecule has 0 amide bonds. The SMILES string of the molecule is NC(c1noc(C(F)(F)C(F)F)n1)C1CC1. The van der Waals surface area contributed by atoms with Crippen molar-refractivity contribution in [3.63, 3.8) is 0 Å². The zero-order valence-electron chi connectivity index (χ0n) is 8.04.